The molecule has 0 spiro atoms. The molecule has 7 heterocycles. The van der Waals surface area contributed by atoms with E-state index in [1.165, 1.54) is 23.2 Å². The Hall–Kier alpha value is -5.21. The third kappa shape index (κ3) is 13.0. The van der Waals surface area contributed by atoms with Crippen molar-refractivity contribution in [2.75, 3.05) is 56.5 Å². The van der Waals surface area contributed by atoms with Gasteiger partial charge in [0.2, 0.25) is 21.3 Å². The Labute approximate surface area is 464 Å². The fourth-order valence-corrected chi connectivity index (χ4v) is 16.4. The summed E-state index contributed by atoms with van der Waals surface area (Å²) in [5, 5.41) is 15.1. The van der Waals surface area contributed by atoms with E-state index >= 15 is 0 Å². The molecule has 6 aliphatic heterocycles. The van der Waals surface area contributed by atoms with Gasteiger partial charge in [0.05, 0.1) is 40.2 Å². The van der Waals surface area contributed by atoms with Gasteiger partial charge in [-0.1, -0.05) is 24.3 Å². The lowest BCUT2D eigenvalue weighted by Gasteiger charge is -2.39. The number of carbonyl (C=O) groups is 1. The molecule has 27 nitrogen and oxygen atoms in total. The van der Waals surface area contributed by atoms with Gasteiger partial charge < -0.3 is 50.1 Å². The number of rotatable bonds is 19. The Bertz CT molecular complexity index is 3900. The van der Waals surface area contributed by atoms with Gasteiger partial charge in [0.1, 0.15) is 42.7 Å². The quantitative estimate of drug-likeness (QED) is 0.0186. The van der Waals surface area contributed by atoms with Gasteiger partial charge in [-0.15, -0.1) is 0 Å². The third-order valence-electron chi connectivity index (χ3n) is 14.8. The SMILES string of the molecule is Nc1nc(=O)n([C@H]2C[C@H](O)[C@@H](COP(=O)(O)OP(=O)(O)OP(=O)(O)O)O2)cc1C#CCNC(=O)CCCCCNS(=O)(=O)c1cc(S(=O)(=O)O)ccc1C1=c2cc3c4c(c2Oc2c1cc1c5c2CCCN5CCC1)CCC[N+]=4CCC3. The lowest BCUT2D eigenvalue weighted by molar-refractivity contribution is -0.120. The maximum Gasteiger partial charge on any atom is 0.490 e. The summed E-state index contributed by atoms with van der Waals surface area (Å²) >= 11 is 0. The van der Waals surface area contributed by atoms with E-state index < -0.39 is 79.2 Å². The molecule has 1 aromatic heterocycles. The maximum absolute atomic E-state index is 14.6. The summed E-state index contributed by atoms with van der Waals surface area (Å²) in [5.41, 5.74) is 12.3. The van der Waals surface area contributed by atoms with Crippen molar-refractivity contribution in [1.29, 1.82) is 0 Å². The summed E-state index contributed by atoms with van der Waals surface area (Å²) in [4.78, 5) is 67.4. The van der Waals surface area contributed by atoms with Gasteiger partial charge in [-0.05, 0) is 81.2 Å². The van der Waals surface area contributed by atoms with Crippen molar-refractivity contribution in [3.8, 4) is 23.3 Å². The van der Waals surface area contributed by atoms with Crippen molar-refractivity contribution >= 4 is 66.6 Å². The number of nitrogens with zero attached hydrogens (tertiary/aromatic N) is 4. The lowest BCUT2D eigenvalue weighted by atomic mass is 9.82. The predicted octanol–water partition coefficient (Wildman–Crippen LogP) is 1.51. The molecule has 1 saturated heterocycles. The van der Waals surface area contributed by atoms with Crippen LogP contribution >= 0.6 is 23.5 Å². The van der Waals surface area contributed by atoms with E-state index in [4.69, 9.17) is 25.0 Å². The van der Waals surface area contributed by atoms with E-state index in [1.807, 2.05) is 0 Å². The van der Waals surface area contributed by atoms with Crippen LogP contribution in [0, 0.1) is 11.8 Å². The first-order valence-corrected chi connectivity index (χ1v) is 33.5. The predicted molar refractivity (Wildman–Crippen MR) is 287 cm³/mol. The fourth-order valence-electron chi connectivity index (χ4n) is 11.4. The molecule has 3 aromatic carbocycles. The van der Waals surface area contributed by atoms with Crippen molar-refractivity contribution in [1.82, 2.24) is 24.2 Å². The van der Waals surface area contributed by atoms with Crippen molar-refractivity contribution in [3.63, 3.8) is 0 Å². The molecule has 5 atom stereocenters. The Balaban J connectivity index is 0.791. The number of nitrogens with one attached hydrogen (secondary N) is 2. The van der Waals surface area contributed by atoms with Crippen LogP contribution in [0.5, 0.6) is 11.5 Å². The van der Waals surface area contributed by atoms with E-state index in [1.54, 1.807) is 0 Å². The third-order valence-corrected chi connectivity index (χ3v) is 20.9. The summed E-state index contributed by atoms with van der Waals surface area (Å²) in [6, 6.07) is 7.92. The van der Waals surface area contributed by atoms with Crippen molar-refractivity contribution in [2.45, 2.75) is 112 Å². The molecule has 436 valence electrons. The minimum Gasteiger partial charge on any atom is -0.455 e. The molecule has 1 amide bonds. The second kappa shape index (κ2) is 23.1. The first-order valence-electron chi connectivity index (χ1n) is 26.1. The Kier molecular flexibility index (Phi) is 16.8. The van der Waals surface area contributed by atoms with Crippen molar-refractivity contribution in [3.05, 3.63) is 96.5 Å². The molecular weight excluding hydrogens is 1160 g/mol. The van der Waals surface area contributed by atoms with Gasteiger partial charge >= 0.3 is 29.2 Å². The summed E-state index contributed by atoms with van der Waals surface area (Å²) in [6.45, 7) is 2.51. The summed E-state index contributed by atoms with van der Waals surface area (Å²) in [7, 11) is -26.3. The number of fused-ring (bicyclic) bond motifs is 4. The zero-order valence-electron chi connectivity index (χ0n) is 43.3. The molecule has 0 bridgehead atoms. The average Bonchev–Trinajstić information content (AvgIpc) is 3.96. The Morgan fingerprint density at radius 2 is 1.62 bits per heavy atom. The molecule has 0 radical (unpaired) electrons. The number of nitrogen functional groups attached to an aromatic ring is 1. The largest absolute Gasteiger partial charge is 0.490 e. The van der Waals surface area contributed by atoms with E-state index in [9.17, 15) is 59.6 Å². The zero-order chi connectivity index (χ0) is 57.8. The first-order chi connectivity index (χ1) is 38.3. The number of phosphoric acid groups is 3. The van der Waals surface area contributed by atoms with E-state index in [-0.39, 0.29) is 53.7 Å². The molecule has 1 fully saturated rings. The number of unbranched alkanes of at least 4 members (excludes halogenated alkanes) is 2. The van der Waals surface area contributed by atoms with E-state index in [2.05, 4.69) is 61.6 Å². The highest BCUT2D eigenvalue weighted by Crippen LogP contribution is 2.66. The second-order valence-corrected chi connectivity index (χ2v) is 27.9. The number of hydrogen-bond donors (Lipinski definition) is 9. The summed E-state index contributed by atoms with van der Waals surface area (Å²) in [6.07, 6.45) is 4.77. The number of aromatic nitrogens is 2. The minimum absolute atomic E-state index is 0.0120. The molecule has 0 saturated carbocycles. The van der Waals surface area contributed by atoms with E-state index in [0.717, 1.165) is 127 Å². The summed E-state index contributed by atoms with van der Waals surface area (Å²) < 4.78 is 130. The number of hydrogen-bond acceptors (Lipinski definition) is 18. The number of amides is 1. The second-order valence-electron chi connectivity index (χ2n) is 20.3. The molecule has 81 heavy (non-hydrogen) atoms. The molecule has 32 heteroatoms. The number of carbonyl (C=O) groups excluding carboxylic acids is 1. The Morgan fingerprint density at radius 3 is 2.37 bits per heavy atom. The number of anilines is 2. The molecule has 6 aliphatic rings. The topological polar surface area (TPSA) is 395 Å². The number of aliphatic hydroxyl groups is 1. The maximum atomic E-state index is 14.6. The lowest BCUT2D eigenvalue weighted by Crippen LogP contribution is -2.45. The van der Waals surface area contributed by atoms with Crippen LogP contribution in [0.2, 0.25) is 0 Å². The monoisotopic (exact) mass is 1220 g/mol. The van der Waals surface area contributed by atoms with Crippen LogP contribution in [0.15, 0.2) is 51.1 Å². The molecule has 10 rings (SSSR count). The van der Waals surface area contributed by atoms with Crippen LogP contribution in [-0.4, -0.2) is 120 Å². The molecule has 4 aromatic rings. The van der Waals surface area contributed by atoms with Gasteiger partial charge in [-0.3, -0.25) is 18.4 Å². The fraction of sp³-hybridized carbons (Fsp3) is 0.469. The molecule has 0 aliphatic carbocycles. The summed E-state index contributed by atoms with van der Waals surface area (Å²) in [5.74, 6) is 6.07. The minimum atomic E-state index is -5.80. The highest BCUT2D eigenvalue weighted by Gasteiger charge is 2.44. The number of aryl methyl sites for hydroxylation is 2. The van der Waals surface area contributed by atoms with Crippen LogP contribution in [0.3, 0.4) is 0 Å². The van der Waals surface area contributed by atoms with Gasteiger partial charge in [0, 0.05) is 90.2 Å². The number of phosphoric ester groups is 1. The van der Waals surface area contributed by atoms with Gasteiger partial charge in [0.25, 0.3) is 10.1 Å². The van der Waals surface area contributed by atoms with Crippen molar-refractivity contribution < 1.29 is 87.2 Å². The number of nitrogens with two attached hydrogens (primary N) is 1. The zero-order valence-corrected chi connectivity index (χ0v) is 47.6. The number of aliphatic hydroxyl groups excluding tert-OH is 1. The highest BCUT2D eigenvalue weighted by molar-refractivity contribution is 7.89. The van der Waals surface area contributed by atoms with Crippen LogP contribution in [-0.2, 0) is 82.2 Å². The number of benzene rings is 3. The number of sulfonamides is 1. The molecular formula is C49H59N7O20P3S2+. The van der Waals surface area contributed by atoms with Gasteiger partial charge in [-0.2, -0.15) is 22.0 Å². The number of ether oxygens (including phenoxy) is 2. The Morgan fingerprint density at radius 1 is 0.889 bits per heavy atom. The normalized spacial score (nSPS) is 20.8. The molecule has 2 unspecified atom stereocenters. The van der Waals surface area contributed by atoms with Crippen LogP contribution in [0.1, 0.15) is 103 Å². The highest BCUT2D eigenvalue weighted by atomic mass is 32.2. The van der Waals surface area contributed by atoms with Crippen LogP contribution in [0.4, 0.5) is 11.5 Å². The van der Waals surface area contributed by atoms with Gasteiger partial charge in [-0.25, -0.2) is 36.2 Å². The average molecular weight is 1220 g/mol. The van der Waals surface area contributed by atoms with Crippen LogP contribution in [0.25, 0.3) is 5.57 Å². The molecule has 10 N–H and O–H groups in total. The van der Waals surface area contributed by atoms with Crippen LogP contribution < -0.4 is 46.3 Å². The van der Waals surface area contributed by atoms with E-state index in [0.29, 0.717) is 36.3 Å². The first kappa shape index (κ1) is 59.0. The standard InChI is InChI=1S/C49H58N7O20P3S2/c50-48-31(27-56(49(59)53-48)42-26-38(57)39(73-42)28-72-78(63,64)76-79(65,66)75-77(60,61)62)9-4-17-51-41(58)14-2-1-3-18-52-80(67,68)40-25-32(81(69,70)71)15-16-33(40)43-36-23-29-10-5-19-54-21-7-12-34(44(29)54)46(36)74-47-35-13-8-22-55-20-6-11-30(45(35)55)24-37(43)47/h15-16,23-25,27,38-39,42,52,57H,1-3,5-8,10-14,17-22,26,28H2,(H7-,50,51,53,58,59,60,61,62,63,64,65,66,69,70,71)/p+1/t38-,39+,42+/m0/s1. The smallest absolute Gasteiger partial charge is 0.455 e. The van der Waals surface area contributed by atoms with Gasteiger partial charge in [0.15, 0.2) is 0 Å². The van der Waals surface area contributed by atoms with Crippen molar-refractivity contribution in [2.24, 2.45) is 0 Å².